The molecule has 3 fully saturated rings. The summed E-state index contributed by atoms with van der Waals surface area (Å²) in [4.78, 5) is 25.7. The molecular weight excluding hydrogens is 576 g/mol. The summed E-state index contributed by atoms with van der Waals surface area (Å²) in [5, 5.41) is 44.0. The van der Waals surface area contributed by atoms with Gasteiger partial charge in [-0.05, 0) is 86.2 Å². The monoisotopic (exact) mass is 611 g/mol. The predicted octanol–water partition coefficient (Wildman–Crippen LogP) is 3.74. The van der Waals surface area contributed by atoms with E-state index < -0.39 is 70.5 Å². The lowest BCUT2D eigenvalue weighted by Crippen LogP contribution is -2.72. The number of ketones is 2. The minimum absolute atomic E-state index is 0.0457. The maximum atomic E-state index is 17.5. The molecule has 6 rings (SSSR count). The number of allylic oxidation sites excluding steroid dienone is 4. The van der Waals surface area contributed by atoms with Crippen LogP contribution in [0.3, 0.4) is 0 Å². The van der Waals surface area contributed by atoms with Gasteiger partial charge in [-0.25, -0.2) is 8.78 Å². The van der Waals surface area contributed by atoms with Crippen molar-refractivity contribution in [1.29, 1.82) is 0 Å². The standard InChI is InChI=1S/C33H35F2NO8/c1-30-10-9-18(38)11-23(30)24(34)13-22-21-14-27(40)33(29(42)16-37,31(21,2)15-28(41)32(22,30)35)44-20-7-8-26(25(39)12-20)43-19-5-3-17(36)4-6-19/h3-12,21-22,24,27-28,37,39-41H,13-16,36H2,1-2H3/t21-,22-,24-,27+,28-,30-,31-,32-,33-/m0/s1. The molecule has 0 unspecified atom stereocenters. The quantitative estimate of drug-likeness (QED) is 0.307. The maximum absolute atomic E-state index is 17.5. The molecule has 4 aliphatic rings. The number of fused-ring (bicyclic) bond motifs is 5. The molecule has 0 amide bonds. The van der Waals surface area contributed by atoms with Crippen LogP contribution in [-0.2, 0) is 9.59 Å². The van der Waals surface area contributed by atoms with Gasteiger partial charge >= 0.3 is 0 Å². The van der Waals surface area contributed by atoms with Crippen LogP contribution < -0.4 is 15.2 Å². The van der Waals surface area contributed by atoms with E-state index in [0.717, 1.165) is 6.08 Å². The third-order valence-corrected chi connectivity index (χ3v) is 10.7. The number of aromatic hydroxyl groups is 1. The summed E-state index contributed by atoms with van der Waals surface area (Å²) < 4.78 is 45.2. The Morgan fingerprint density at radius 2 is 1.73 bits per heavy atom. The molecule has 9 atom stereocenters. The third kappa shape index (κ3) is 3.98. The summed E-state index contributed by atoms with van der Waals surface area (Å²) in [7, 11) is 0. The van der Waals surface area contributed by atoms with Crippen molar-refractivity contribution in [3.63, 3.8) is 0 Å². The Morgan fingerprint density at radius 1 is 1.05 bits per heavy atom. The molecule has 11 heteroatoms. The van der Waals surface area contributed by atoms with Gasteiger partial charge in [0.1, 0.15) is 30.4 Å². The average molecular weight is 612 g/mol. The van der Waals surface area contributed by atoms with Gasteiger partial charge in [0.25, 0.3) is 0 Å². The molecule has 0 aliphatic heterocycles. The Morgan fingerprint density at radius 3 is 2.39 bits per heavy atom. The highest BCUT2D eigenvalue weighted by Gasteiger charge is 2.78. The van der Waals surface area contributed by atoms with Crippen molar-refractivity contribution in [2.24, 2.45) is 22.7 Å². The Hall–Kier alpha value is -3.80. The lowest BCUT2D eigenvalue weighted by atomic mass is 9.44. The van der Waals surface area contributed by atoms with Crippen LogP contribution in [-0.4, -0.2) is 68.2 Å². The molecule has 0 aromatic heterocycles. The highest BCUT2D eigenvalue weighted by atomic mass is 19.1. The number of nitrogen functional groups attached to an aromatic ring is 1. The number of aliphatic hydroxyl groups excluding tert-OH is 3. The molecule has 0 saturated heterocycles. The second kappa shape index (κ2) is 10.1. The van der Waals surface area contributed by atoms with E-state index in [4.69, 9.17) is 15.2 Å². The summed E-state index contributed by atoms with van der Waals surface area (Å²) >= 11 is 0. The van der Waals surface area contributed by atoms with Gasteiger partial charge in [0.05, 0.1) is 6.10 Å². The van der Waals surface area contributed by atoms with Crippen LogP contribution in [0.25, 0.3) is 0 Å². The summed E-state index contributed by atoms with van der Waals surface area (Å²) in [6.07, 6.45) is -2.42. The van der Waals surface area contributed by atoms with Crippen molar-refractivity contribution in [3.8, 4) is 23.0 Å². The topological polar surface area (TPSA) is 160 Å². The summed E-state index contributed by atoms with van der Waals surface area (Å²) in [5.41, 5.74) is -1.55. The molecule has 2 aromatic rings. The number of hydrogen-bond acceptors (Lipinski definition) is 9. The number of phenols is 1. The fraction of sp³-hybridized carbons (Fsp3) is 0.455. The van der Waals surface area contributed by atoms with E-state index in [1.807, 2.05) is 0 Å². The average Bonchev–Trinajstić information content (AvgIpc) is 3.20. The first-order valence-corrected chi connectivity index (χ1v) is 14.5. The SMILES string of the molecule is C[C@]12C=CC(=O)C=C1[C@@H](F)C[C@H]1[C@@H]3C[C@@H](O)[C@](Oc4ccc(Oc5ccc(N)cc5)c(O)c4)(C(=O)CO)[C@@]3(C)C[C@H](O)[C@@]12F. The van der Waals surface area contributed by atoms with Crippen molar-refractivity contribution in [2.45, 2.75) is 62.8 Å². The van der Waals surface area contributed by atoms with Gasteiger partial charge in [-0.15, -0.1) is 0 Å². The number of carbonyl (C=O) groups is 2. The maximum Gasteiger partial charge on any atom is 0.204 e. The van der Waals surface area contributed by atoms with Gasteiger partial charge in [-0.2, -0.15) is 0 Å². The van der Waals surface area contributed by atoms with E-state index >= 15 is 8.78 Å². The fourth-order valence-electron chi connectivity index (χ4n) is 8.56. The molecule has 2 aromatic carbocycles. The number of rotatable bonds is 6. The number of nitrogens with two attached hydrogens (primary N) is 1. The number of alkyl halides is 2. The Bertz CT molecular complexity index is 1580. The Kier molecular flexibility index (Phi) is 6.95. The van der Waals surface area contributed by atoms with Crippen molar-refractivity contribution < 1.29 is 48.3 Å². The van der Waals surface area contributed by atoms with E-state index in [-0.39, 0.29) is 42.1 Å². The highest BCUT2D eigenvalue weighted by molar-refractivity contribution is 6.01. The Labute approximate surface area is 252 Å². The van der Waals surface area contributed by atoms with E-state index in [9.17, 15) is 30.0 Å². The number of aliphatic hydroxyl groups is 3. The van der Waals surface area contributed by atoms with E-state index in [2.05, 4.69) is 0 Å². The predicted molar refractivity (Wildman–Crippen MR) is 155 cm³/mol. The van der Waals surface area contributed by atoms with E-state index in [1.165, 1.54) is 37.3 Å². The zero-order valence-corrected chi connectivity index (χ0v) is 24.2. The normalized spacial score (nSPS) is 39.1. The number of carbonyl (C=O) groups excluding carboxylic acids is 2. The molecule has 0 radical (unpaired) electrons. The summed E-state index contributed by atoms with van der Waals surface area (Å²) in [6.45, 7) is 1.99. The number of hydrogen-bond donors (Lipinski definition) is 5. The number of phenolic OH excluding ortho intramolecular Hbond substituents is 1. The van der Waals surface area contributed by atoms with Crippen LogP contribution in [0.15, 0.2) is 66.3 Å². The third-order valence-electron chi connectivity index (χ3n) is 10.7. The number of Topliss-reactive ketones (excluding diaryl/α,β-unsaturated/α-hetero) is 1. The molecular formula is C33H35F2NO8. The van der Waals surface area contributed by atoms with Gasteiger partial charge in [-0.1, -0.05) is 13.0 Å². The second-order valence-electron chi connectivity index (χ2n) is 12.8. The molecule has 0 spiro atoms. The molecule has 0 bridgehead atoms. The summed E-state index contributed by atoms with van der Waals surface area (Å²) in [6, 6.07) is 10.4. The van der Waals surface area contributed by atoms with Crippen LogP contribution in [0.4, 0.5) is 14.5 Å². The van der Waals surface area contributed by atoms with Gasteiger partial charge in [0.2, 0.25) is 11.4 Å². The molecule has 3 saturated carbocycles. The van der Waals surface area contributed by atoms with Gasteiger partial charge in [-0.3, -0.25) is 9.59 Å². The molecule has 0 heterocycles. The molecule has 44 heavy (non-hydrogen) atoms. The number of anilines is 1. The Balaban J connectivity index is 1.38. The van der Waals surface area contributed by atoms with Crippen molar-refractivity contribution in [3.05, 3.63) is 66.3 Å². The lowest BCUT2D eigenvalue weighted by molar-refractivity contribution is -0.221. The lowest BCUT2D eigenvalue weighted by Gasteiger charge is -2.63. The first kappa shape index (κ1) is 30.2. The van der Waals surface area contributed by atoms with Crippen LogP contribution in [0.1, 0.15) is 33.1 Å². The first-order valence-electron chi connectivity index (χ1n) is 14.5. The van der Waals surface area contributed by atoms with Crippen LogP contribution in [0, 0.1) is 22.7 Å². The molecule has 4 aliphatic carbocycles. The van der Waals surface area contributed by atoms with Crippen LogP contribution in [0.2, 0.25) is 0 Å². The second-order valence-corrected chi connectivity index (χ2v) is 12.8. The molecule has 9 nitrogen and oxygen atoms in total. The first-order chi connectivity index (χ1) is 20.7. The highest BCUT2D eigenvalue weighted by Crippen LogP contribution is 2.70. The van der Waals surface area contributed by atoms with Crippen LogP contribution in [0.5, 0.6) is 23.0 Å². The van der Waals surface area contributed by atoms with E-state index in [1.54, 1.807) is 31.2 Å². The molecule has 234 valence electrons. The minimum atomic E-state index is -2.43. The van der Waals surface area contributed by atoms with Gasteiger partial charge < -0.3 is 35.6 Å². The molecule has 6 N–H and O–H groups in total. The fourth-order valence-corrected chi connectivity index (χ4v) is 8.56. The van der Waals surface area contributed by atoms with Gasteiger partial charge in [0.15, 0.2) is 23.0 Å². The number of ether oxygens (including phenoxy) is 2. The minimum Gasteiger partial charge on any atom is -0.504 e. The van der Waals surface area contributed by atoms with Crippen molar-refractivity contribution in [1.82, 2.24) is 0 Å². The van der Waals surface area contributed by atoms with Crippen LogP contribution >= 0.6 is 0 Å². The van der Waals surface area contributed by atoms with Crippen molar-refractivity contribution in [2.75, 3.05) is 12.3 Å². The largest absolute Gasteiger partial charge is 0.504 e. The number of halogens is 2. The zero-order valence-electron chi connectivity index (χ0n) is 24.2. The number of benzene rings is 2. The van der Waals surface area contributed by atoms with Gasteiger partial charge in [0, 0.05) is 28.5 Å². The zero-order chi connectivity index (χ0) is 31.8. The van der Waals surface area contributed by atoms with Crippen molar-refractivity contribution >= 4 is 17.3 Å². The van der Waals surface area contributed by atoms with E-state index in [0.29, 0.717) is 11.4 Å². The smallest absolute Gasteiger partial charge is 0.204 e. The summed E-state index contributed by atoms with van der Waals surface area (Å²) in [5.74, 6) is -3.38.